The lowest BCUT2D eigenvalue weighted by Crippen LogP contribution is -2.72. The zero-order chi connectivity index (χ0) is 15.7. The molecule has 1 spiro atoms. The zero-order valence-electron chi connectivity index (χ0n) is 13.7. The third kappa shape index (κ3) is 1.50. The first-order valence-corrected chi connectivity index (χ1v) is 8.54. The Balaban J connectivity index is 1.86. The van der Waals surface area contributed by atoms with Crippen molar-refractivity contribution in [2.75, 3.05) is 13.2 Å². The van der Waals surface area contributed by atoms with Crippen molar-refractivity contribution in [1.82, 2.24) is 0 Å². The summed E-state index contributed by atoms with van der Waals surface area (Å²) in [5.41, 5.74) is 3.95. The number of benzene rings is 1. The van der Waals surface area contributed by atoms with E-state index in [2.05, 4.69) is 67.1 Å². The Labute approximate surface area is 136 Å². The number of hydrogen-bond acceptors (Lipinski definition) is 2. The first kappa shape index (κ1) is 13.7. The highest BCUT2D eigenvalue weighted by molar-refractivity contribution is 5.45. The highest BCUT2D eigenvalue weighted by atomic mass is 16.7. The highest BCUT2D eigenvalue weighted by Gasteiger charge is 2.70. The van der Waals surface area contributed by atoms with Gasteiger partial charge in [-0.05, 0) is 25.8 Å². The quantitative estimate of drug-likeness (QED) is 0.698. The summed E-state index contributed by atoms with van der Waals surface area (Å²) in [4.78, 5) is 0. The molecule has 6 rings (SSSR count). The summed E-state index contributed by atoms with van der Waals surface area (Å²) in [6.07, 6.45) is 3.19. The van der Waals surface area contributed by atoms with Crippen molar-refractivity contribution in [1.29, 1.82) is 0 Å². The van der Waals surface area contributed by atoms with Crippen molar-refractivity contribution in [3.8, 4) is 0 Å². The second-order valence-corrected chi connectivity index (χ2v) is 7.44. The predicted molar refractivity (Wildman–Crippen MR) is 86.1 cm³/mol. The van der Waals surface area contributed by atoms with Gasteiger partial charge < -0.3 is 9.47 Å². The maximum atomic E-state index is 6.43. The fourth-order valence-corrected chi connectivity index (χ4v) is 5.07. The molecule has 0 amide bonds. The third-order valence-corrected chi connectivity index (χ3v) is 5.98. The van der Waals surface area contributed by atoms with Gasteiger partial charge in [-0.25, -0.2) is 0 Å². The van der Waals surface area contributed by atoms with Gasteiger partial charge in [0.15, 0.2) is 23.7 Å². The number of hydrogen-bond donors (Lipinski definition) is 0. The van der Waals surface area contributed by atoms with Crippen LogP contribution in [0.15, 0.2) is 48.7 Å². The molecule has 1 fully saturated rings. The van der Waals surface area contributed by atoms with Gasteiger partial charge in [0.25, 0.3) is 0 Å². The minimum atomic E-state index is -0.564. The molecule has 4 aliphatic rings. The molecule has 0 unspecified atom stereocenters. The van der Waals surface area contributed by atoms with Crippen LogP contribution in [0.2, 0.25) is 0 Å². The fourth-order valence-electron chi connectivity index (χ4n) is 5.07. The molecule has 2 atom stereocenters. The number of pyridine rings is 1. The summed E-state index contributed by atoms with van der Waals surface area (Å²) in [7, 11) is 0. The van der Waals surface area contributed by atoms with E-state index in [1.54, 1.807) is 0 Å². The van der Waals surface area contributed by atoms with E-state index in [0.29, 0.717) is 0 Å². The van der Waals surface area contributed by atoms with Crippen LogP contribution in [0.1, 0.15) is 49.0 Å². The van der Waals surface area contributed by atoms with Crippen LogP contribution in [0, 0.1) is 5.41 Å². The first-order valence-electron chi connectivity index (χ1n) is 8.54. The normalized spacial score (nSPS) is 29.1. The van der Waals surface area contributed by atoms with Crippen LogP contribution in [0.5, 0.6) is 0 Å². The molecular formula is C20H22NO2+. The molecule has 3 aliphatic heterocycles. The van der Waals surface area contributed by atoms with E-state index in [9.17, 15) is 0 Å². The molecule has 1 aromatic heterocycles. The van der Waals surface area contributed by atoms with Crippen molar-refractivity contribution in [2.24, 2.45) is 5.41 Å². The van der Waals surface area contributed by atoms with Crippen LogP contribution in [0.3, 0.4) is 0 Å². The number of aromatic nitrogens is 1. The Morgan fingerprint density at radius 3 is 2.43 bits per heavy atom. The first-order chi connectivity index (χ1) is 11.2. The van der Waals surface area contributed by atoms with Crippen LogP contribution >= 0.6 is 0 Å². The van der Waals surface area contributed by atoms with E-state index in [4.69, 9.17) is 9.47 Å². The van der Waals surface area contributed by atoms with Gasteiger partial charge in [0.1, 0.15) is 5.92 Å². The van der Waals surface area contributed by atoms with E-state index >= 15 is 0 Å². The molecule has 23 heavy (non-hydrogen) atoms. The highest BCUT2D eigenvalue weighted by Crippen LogP contribution is 2.62. The lowest BCUT2D eigenvalue weighted by atomic mass is 9.57. The molecule has 1 aliphatic carbocycles. The minimum absolute atomic E-state index is 0.125. The van der Waals surface area contributed by atoms with E-state index in [1.807, 2.05) is 0 Å². The van der Waals surface area contributed by atoms with Crippen molar-refractivity contribution in [3.63, 3.8) is 0 Å². The third-order valence-electron chi connectivity index (χ3n) is 5.98. The lowest BCUT2D eigenvalue weighted by Gasteiger charge is -2.58. The van der Waals surface area contributed by atoms with Gasteiger partial charge in [-0.3, -0.25) is 0 Å². The van der Waals surface area contributed by atoms with Crippen molar-refractivity contribution in [3.05, 3.63) is 65.5 Å². The summed E-state index contributed by atoms with van der Waals surface area (Å²) in [6.45, 7) is 6.16. The SMILES string of the molecule is CC1(C)[C@@H]2c3ccccc3[C@@H](c3cccc[n+]32)C12OCCCO2. The average molecular weight is 308 g/mol. The molecule has 1 aromatic carbocycles. The molecule has 0 saturated carbocycles. The Bertz CT molecular complexity index is 729. The van der Waals surface area contributed by atoms with Crippen LogP contribution < -0.4 is 4.57 Å². The zero-order valence-corrected chi connectivity index (χ0v) is 13.7. The smallest absolute Gasteiger partial charge is 0.196 e. The van der Waals surface area contributed by atoms with Crippen molar-refractivity contribution < 1.29 is 14.0 Å². The van der Waals surface area contributed by atoms with E-state index in [-0.39, 0.29) is 17.4 Å². The van der Waals surface area contributed by atoms with Crippen molar-refractivity contribution in [2.45, 2.75) is 38.0 Å². The average Bonchev–Trinajstić information content (AvgIpc) is 2.58. The molecule has 1 saturated heterocycles. The monoisotopic (exact) mass is 308 g/mol. The van der Waals surface area contributed by atoms with Gasteiger partial charge in [0.05, 0.1) is 18.6 Å². The largest absolute Gasteiger partial charge is 0.348 e. The number of ether oxygens (including phenoxy) is 2. The molecule has 4 heterocycles. The Kier molecular flexibility index (Phi) is 2.64. The molecule has 2 bridgehead atoms. The Morgan fingerprint density at radius 2 is 1.65 bits per heavy atom. The van der Waals surface area contributed by atoms with Gasteiger partial charge in [0, 0.05) is 17.7 Å². The van der Waals surface area contributed by atoms with Crippen LogP contribution in [0.4, 0.5) is 0 Å². The molecular weight excluding hydrogens is 286 g/mol. The van der Waals surface area contributed by atoms with Crippen LogP contribution in [-0.4, -0.2) is 19.0 Å². The Morgan fingerprint density at radius 1 is 0.957 bits per heavy atom. The second kappa shape index (κ2) is 4.43. The van der Waals surface area contributed by atoms with Gasteiger partial charge in [-0.2, -0.15) is 4.57 Å². The summed E-state index contributed by atoms with van der Waals surface area (Å²) in [5.74, 6) is -0.439. The van der Waals surface area contributed by atoms with Crippen LogP contribution in [0.25, 0.3) is 0 Å². The molecule has 2 aromatic rings. The van der Waals surface area contributed by atoms with Gasteiger partial charge in [-0.1, -0.05) is 30.3 Å². The topological polar surface area (TPSA) is 22.3 Å². The predicted octanol–water partition coefficient (Wildman–Crippen LogP) is 3.18. The molecule has 0 N–H and O–H groups in total. The maximum absolute atomic E-state index is 6.43. The summed E-state index contributed by atoms with van der Waals surface area (Å²) in [6, 6.07) is 15.5. The number of rotatable bonds is 0. The fraction of sp³-hybridized carbons (Fsp3) is 0.450. The molecule has 0 radical (unpaired) electrons. The standard InChI is InChI=1S/C20H22NO2/c1-19(2)18-15-9-4-3-8-14(15)17(16-10-5-6-11-21(16)18)20(19)22-12-7-13-23-20/h3-6,8-11,17-18H,7,12-13H2,1-2H3/q+1/t17-,18-/m0/s1. The Hall–Kier alpha value is -1.71. The maximum Gasteiger partial charge on any atom is 0.196 e. The molecule has 3 nitrogen and oxygen atoms in total. The van der Waals surface area contributed by atoms with E-state index in [1.165, 1.54) is 16.8 Å². The van der Waals surface area contributed by atoms with Gasteiger partial charge in [0.2, 0.25) is 0 Å². The van der Waals surface area contributed by atoms with Crippen LogP contribution in [-0.2, 0) is 9.47 Å². The molecule has 3 heteroatoms. The summed E-state index contributed by atoms with van der Waals surface area (Å²) < 4.78 is 15.3. The number of nitrogens with zero attached hydrogens (tertiary/aromatic N) is 1. The van der Waals surface area contributed by atoms with E-state index < -0.39 is 5.79 Å². The van der Waals surface area contributed by atoms with Gasteiger partial charge in [-0.15, -0.1) is 0 Å². The van der Waals surface area contributed by atoms with Gasteiger partial charge >= 0.3 is 0 Å². The lowest BCUT2D eigenvalue weighted by molar-refractivity contribution is -0.756. The summed E-state index contributed by atoms with van der Waals surface area (Å²) >= 11 is 0. The van der Waals surface area contributed by atoms with E-state index in [0.717, 1.165) is 19.6 Å². The van der Waals surface area contributed by atoms with Crippen molar-refractivity contribution >= 4 is 0 Å². The summed E-state index contributed by atoms with van der Waals surface area (Å²) in [5, 5.41) is 0. The molecule has 118 valence electrons. The minimum Gasteiger partial charge on any atom is -0.348 e. The second-order valence-electron chi connectivity index (χ2n) is 7.44.